The summed E-state index contributed by atoms with van der Waals surface area (Å²) >= 11 is 0. The van der Waals surface area contributed by atoms with Crippen LogP contribution in [0.3, 0.4) is 0 Å². The number of nitrogens with two attached hydrogens (primary N) is 1. The van der Waals surface area contributed by atoms with Crippen LogP contribution < -0.4 is 5.73 Å². The molecule has 78 valence electrons. The topological polar surface area (TPSA) is 46.3 Å². The normalized spacial score (nSPS) is 12.6. The Morgan fingerprint density at radius 1 is 1.54 bits per heavy atom. The molecule has 0 rings (SSSR count). The second-order valence-corrected chi connectivity index (χ2v) is 3.68. The van der Waals surface area contributed by atoms with Crippen molar-refractivity contribution in [3.8, 4) is 0 Å². The van der Waals surface area contributed by atoms with E-state index >= 15 is 0 Å². The summed E-state index contributed by atoms with van der Waals surface area (Å²) in [5, 5.41) is 0. The van der Waals surface area contributed by atoms with Crippen molar-refractivity contribution in [1.82, 2.24) is 4.90 Å². The SMILES string of the molecule is CCCN(C)C(=O)CCCC(C)N. The van der Waals surface area contributed by atoms with Crippen LogP contribution in [0.5, 0.6) is 0 Å². The third-order valence-electron chi connectivity index (χ3n) is 2.03. The molecule has 0 aliphatic heterocycles. The van der Waals surface area contributed by atoms with Crippen LogP contribution in [-0.2, 0) is 4.79 Å². The highest BCUT2D eigenvalue weighted by atomic mass is 16.2. The van der Waals surface area contributed by atoms with E-state index in [1.54, 1.807) is 4.90 Å². The summed E-state index contributed by atoms with van der Waals surface area (Å²) in [5.74, 6) is 0.238. The van der Waals surface area contributed by atoms with E-state index in [1.165, 1.54) is 0 Å². The Bertz CT molecular complexity index is 146. The summed E-state index contributed by atoms with van der Waals surface area (Å²) < 4.78 is 0. The van der Waals surface area contributed by atoms with Gasteiger partial charge >= 0.3 is 0 Å². The molecule has 3 heteroatoms. The first kappa shape index (κ1) is 12.4. The Hall–Kier alpha value is -0.570. The average molecular weight is 186 g/mol. The van der Waals surface area contributed by atoms with E-state index in [-0.39, 0.29) is 11.9 Å². The Morgan fingerprint density at radius 2 is 2.15 bits per heavy atom. The molecule has 1 unspecified atom stereocenters. The first-order chi connectivity index (χ1) is 6.07. The summed E-state index contributed by atoms with van der Waals surface area (Å²) in [5.41, 5.74) is 5.59. The lowest BCUT2D eigenvalue weighted by Gasteiger charge is -2.16. The summed E-state index contributed by atoms with van der Waals surface area (Å²) in [6.07, 6.45) is 3.50. The third kappa shape index (κ3) is 6.58. The maximum Gasteiger partial charge on any atom is 0.222 e. The van der Waals surface area contributed by atoms with Crippen molar-refractivity contribution in [2.45, 2.75) is 45.6 Å². The first-order valence-corrected chi connectivity index (χ1v) is 5.07. The minimum Gasteiger partial charge on any atom is -0.346 e. The lowest BCUT2D eigenvalue weighted by molar-refractivity contribution is -0.130. The Morgan fingerprint density at radius 3 is 2.62 bits per heavy atom. The molecule has 13 heavy (non-hydrogen) atoms. The van der Waals surface area contributed by atoms with Gasteiger partial charge in [-0.2, -0.15) is 0 Å². The largest absolute Gasteiger partial charge is 0.346 e. The van der Waals surface area contributed by atoms with Crippen LogP contribution in [-0.4, -0.2) is 30.4 Å². The molecule has 0 aliphatic carbocycles. The molecule has 3 nitrogen and oxygen atoms in total. The number of rotatable bonds is 6. The van der Waals surface area contributed by atoms with Crippen LogP contribution in [0, 0.1) is 0 Å². The van der Waals surface area contributed by atoms with Crippen LogP contribution in [0.1, 0.15) is 39.5 Å². The number of carbonyl (C=O) groups excluding carboxylic acids is 1. The van der Waals surface area contributed by atoms with Gasteiger partial charge in [0, 0.05) is 26.1 Å². The molecule has 1 atom stereocenters. The molecule has 0 saturated heterocycles. The van der Waals surface area contributed by atoms with Gasteiger partial charge in [0.2, 0.25) is 5.91 Å². The molecule has 0 aromatic rings. The number of nitrogens with zero attached hydrogens (tertiary/aromatic N) is 1. The van der Waals surface area contributed by atoms with E-state index in [4.69, 9.17) is 5.73 Å². The number of amides is 1. The van der Waals surface area contributed by atoms with Crippen LogP contribution in [0.4, 0.5) is 0 Å². The molecule has 0 spiro atoms. The summed E-state index contributed by atoms with van der Waals surface area (Å²) in [4.78, 5) is 13.2. The maximum atomic E-state index is 11.4. The van der Waals surface area contributed by atoms with Gasteiger partial charge in [0.25, 0.3) is 0 Å². The van der Waals surface area contributed by atoms with Gasteiger partial charge in [-0.05, 0) is 26.2 Å². The molecule has 0 aliphatic rings. The summed E-state index contributed by atoms with van der Waals surface area (Å²) in [6.45, 7) is 4.91. The van der Waals surface area contributed by atoms with Crippen molar-refractivity contribution in [3.63, 3.8) is 0 Å². The fourth-order valence-corrected chi connectivity index (χ4v) is 1.23. The fourth-order valence-electron chi connectivity index (χ4n) is 1.23. The number of hydrogen-bond donors (Lipinski definition) is 1. The van der Waals surface area contributed by atoms with Crippen molar-refractivity contribution in [1.29, 1.82) is 0 Å². The van der Waals surface area contributed by atoms with Crippen LogP contribution >= 0.6 is 0 Å². The minimum absolute atomic E-state index is 0.212. The second kappa shape index (κ2) is 6.89. The second-order valence-electron chi connectivity index (χ2n) is 3.68. The monoisotopic (exact) mass is 186 g/mol. The average Bonchev–Trinajstić information content (AvgIpc) is 2.04. The molecule has 0 aromatic carbocycles. The van der Waals surface area contributed by atoms with Crippen molar-refractivity contribution in [3.05, 3.63) is 0 Å². The van der Waals surface area contributed by atoms with Gasteiger partial charge in [0.05, 0.1) is 0 Å². The van der Waals surface area contributed by atoms with Crippen molar-refractivity contribution in [2.24, 2.45) is 5.73 Å². The van der Waals surface area contributed by atoms with Crippen molar-refractivity contribution in [2.75, 3.05) is 13.6 Å². The molecule has 0 fully saturated rings. The lowest BCUT2D eigenvalue weighted by atomic mass is 10.1. The minimum atomic E-state index is 0.212. The molecule has 0 radical (unpaired) electrons. The van der Waals surface area contributed by atoms with Crippen LogP contribution in [0.15, 0.2) is 0 Å². The summed E-state index contributed by atoms with van der Waals surface area (Å²) in [7, 11) is 1.86. The molecule has 0 heterocycles. The van der Waals surface area contributed by atoms with Crippen molar-refractivity contribution >= 4 is 5.91 Å². The lowest BCUT2D eigenvalue weighted by Crippen LogP contribution is -2.27. The van der Waals surface area contributed by atoms with E-state index in [2.05, 4.69) is 6.92 Å². The van der Waals surface area contributed by atoms with E-state index in [1.807, 2.05) is 14.0 Å². The molecule has 0 bridgehead atoms. The van der Waals surface area contributed by atoms with E-state index in [9.17, 15) is 4.79 Å². The predicted molar refractivity (Wildman–Crippen MR) is 55.4 cm³/mol. The molecular weight excluding hydrogens is 164 g/mol. The van der Waals surface area contributed by atoms with Crippen molar-refractivity contribution < 1.29 is 4.79 Å². The highest BCUT2D eigenvalue weighted by molar-refractivity contribution is 5.75. The van der Waals surface area contributed by atoms with Gasteiger partial charge in [-0.1, -0.05) is 6.92 Å². The van der Waals surface area contributed by atoms with Gasteiger partial charge in [-0.3, -0.25) is 4.79 Å². The Kier molecular flexibility index (Phi) is 6.59. The third-order valence-corrected chi connectivity index (χ3v) is 2.03. The van der Waals surface area contributed by atoms with Gasteiger partial charge < -0.3 is 10.6 Å². The van der Waals surface area contributed by atoms with E-state index in [0.29, 0.717) is 6.42 Å². The Balaban J connectivity index is 3.50. The van der Waals surface area contributed by atoms with E-state index < -0.39 is 0 Å². The molecule has 2 N–H and O–H groups in total. The zero-order chi connectivity index (χ0) is 10.3. The van der Waals surface area contributed by atoms with E-state index in [0.717, 1.165) is 25.8 Å². The predicted octanol–water partition coefficient (Wildman–Crippen LogP) is 1.37. The quantitative estimate of drug-likeness (QED) is 0.681. The number of carbonyl (C=O) groups is 1. The van der Waals surface area contributed by atoms with Gasteiger partial charge in [-0.15, -0.1) is 0 Å². The van der Waals surface area contributed by atoms with Crippen LogP contribution in [0.25, 0.3) is 0 Å². The molecule has 0 saturated carbocycles. The van der Waals surface area contributed by atoms with Gasteiger partial charge in [-0.25, -0.2) is 0 Å². The first-order valence-electron chi connectivity index (χ1n) is 5.07. The highest BCUT2D eigenvalue weighted by Crippen LogP contribution is 2.01. The van der Waals surface area contributed by atoms with Crippen LogP contribution in [0.2, 0.25) is 0 Å². The Labute approximate surface area is 81.3 Å². The highest BCUT2D eigenvalue weighted by Gasteiger charge is 2.06. The zero-order valence-electron chi connectivity index (χ0n) is 9.05. The number of hydrogen-bond acceptors (Lipinski definition) is 2. The molecule has 0 aromatic heterocycles. The van der Waals surface area contributed by atoms with Gasteiger partial charge in [0.15, 0.2) is 0 Å². The fraction of sp³-hybridized carbons (Fsp3) is 0.900. The zero-order valence-corrected chi connectivity index (χ0v) is 9.05. The van der Waals surface area contributed by atoms with Gasteiger partial charge in [0.1, 0.15) is 0 Å². The smallest absolute Gasteiger partial charge is 0.222 e. The summed E-state index contributed by atoms with van der Waals surface area (Å²) in [6, 6.07) is 0.212. The maximum absolute atomic E-state index is 11.4. The molecule has 1 amide bonds. The molecular formula is C10H22N2O. The standard InChI is InChI=1S/C10H22N2O/c1-4-8-12(3)10(13)7-5-6-9(2)11/h9H,4-8,11H2,1-3H3.